The number of benzene rings is 2. The molecule has 3 heteroatoms. The van der Waals surface area contributed by atoms with E-state index in [0.29, 0.717) is 6.61 Å². The molecule has 0 spiro atoms. The van der Waals surface area contributed by atoms with Crippen molar-refractivity contribution in [3.8, 4) is 11.5 Å². The van der Waals surface area contributed by atoms with E-state index in [2.05, 4.69) is 6.92 Å². The van der Waals surface area contributed by atoms with Gasteiger partial charge in [0.05, 0.1) is 13.2 Å². The van der Waals surface area contributed by atoms with E-state index >= 15 is 0 Å². The highest BCUT2D eigenvalue weighted by Gasteiger charge is 2.07. The van der Waals surface area contributed by atoms with Crippen LogP contribution in [0, 0.1) is 0 Å². The normalized spacial score (nSPS) is 10.6. The lowest BCUT2D eigenvalue weighted by molar-refractivity contribution is 0.202. The van der Waals surface area contributed by atoms with E-state index in [9.17, 15) is 0 Å². The minimum absolute atomic E-state index is 0.0169. The van der Waals surface area contributed by atoms with Gasteiger partial charge in [0.15, 0.2) is 0 Å². The Hall–Kier alpha value is -1.74. The number of fused-ring (bicyclic) bond motifs is 1. The van der Waals surface area contributed by atoms with E-state index in [0.717, 1.165) is 41.7 Å². The summed E-state index contributed by atoms with van der Waals surface area (Å²) in [5, 5.41) is 10.9. The summed E-state index contributed by atoms with van der Waals surface area (Å²) in [6, 6.07) is 11.8. The first-order valence-electron chi connectivity index (χ1n) is 6.75. The van der Waals surface area contributed by atoms with Crippen molar-refractivity contribution in [2.75, 3.05) is 19.8 Å². The fourth-order valence-corrected chi connectivity index (χ4v) is 1.98. The molecular formula is C16H20O3. The van der Waals surface area contributed by atoms with Gasteiger partial charge in [0, 0.05) is 10.8 Å². The van der Waals surface area contributed by atoms with Gasteiger partial charge in [-0.25, -0.2) is 0 Å². The second-order valence-corrected chi connectivity index (χ2v) is 4.38. The van der Waals surface area contributed by atoms with Crippen LogP contribution in [0.4, 0.5) is 0 Å². The summed E-state index contributed by atoms with van der Waals surface area (Å²) >= 11 is 0. The number of hydrogen-bond donors (Lipinski definition) is 1. The zero-order chi connectivity index (χ0) is 13.5. The molecule has 0 fully saturated rings. The summed E-state index contributed by atoms with van der Waals surface area (Å²) in [7, 11) is 0. The van der Waals surface area contributed by atoms with Crippen molar-refractivity contribution in [2.45, 2.75) is 19.8 Å². The lowest BCUT2D eigenvalue weighted by Gasteiger charge is -2.12. The Morgan fingerprint density at radius 2 is 1.47 bits per heavy atom. The fourth-order valence-electron chi connectivity index (χ4n) is 1.98. The molecule has 19 heavy (non-hydrogen) atoms. The van der Waals surface area contributed by atoms with Gasteiger partial charge in [-0.2, -0.15) is 0 Å². The molecule has 0 aromatic heterocycles. The molecular weight excluding hydrogens is 240 g/mol. The Morgan fingerprint density at radius 1 is 0.895 bits per heavy atom. The number of unbranched alkanes of at least 4 members (excludes halogenated alkanes) is 1. The molecule has 0 saturated carbocycles. The highest BCUT2D eigenvalue weighted by atomic mass is 16.5. The van der Waals surface area contributed by atoms with Gasteiger partial charge in [0.2, 0.25) is 0 Å². The van der Waals surface area contributed by atoms with Gasteiger partial charge in [-0.1, -0.05) is 37.6 Å². The summed E-state index contributed by atoms with van der Waals surface area (Å²) in [5.41, 5.74) is 0. The van der Waals surface area contributed by atoms with Crippen molar-refractivity contribution in [2.24, 2.45) is 0 Å². The van der Waals surface area contributed by atoms with Crippen molar-refractivity contribution in [3.63, 3.8) is 0 Å². The van der Waals surface area contributed by atoms with Crippen LogP contribution in [0.5, 0.6) is 11.5 Å². The van der Waals surface area contributed by atoms with Gasteiger partial charge < -0.3 is 14.6 Å². The number of ether oxygens (including phenoxy) is 2. The van der Waals surface area contributed by atoms with Gasteiger partial charge >= 0.3 is 0 Å². The predicted octanol–water partition coefficient (Wildman–Crippen LogP) is 3.39. The van der Waals surface area contributed by atoms with Crippen LogP contribution in [0.1, 0.15) is 19.8 Å². The standard InChI is InChI=1S/C16H20O3/c1-2-3-11-18-15-8-9-16(19-12-10-17)14-7-5-4-6-13(14)15/h4-9,17H,2-3,10-12H2,1H3. The Bertz CT molecular complexity index is 522. The van der Waals surface area contributed by atoms with Gasteiger partial charge in [0.25, 0.3) is 0 Å². The first-order chi connectivity index (χ1) is 9.36. The van der Waals surface area contributed by atoms with Crippen LogP contribution in [0.3, 0.4) is 0 Å². The number of aliphatic hydroxyl groups excluding tert-OH is 1. The molecule has 0 unspecified atom stereocenters. The maximum atomic E-state index is 8.85. The first-order valence-corrected chi connectivity index (χ1v) is 6.75. The molecule has 0 aliphatic rings. The number of hydrogen-bond acceptors (Lipinski definition) is 3. The zero-order valence-corrected chi connectivity index (χ0v) is 11.3. The maximum Gasteiger partial charge on any atom is 0.127 e. The Kier molecular flexibility index (Phi) is 5.04. The lowest BCUT2D eigenvalue weighted by Crippen LogP contribution is -2.02. The van der Waals surface area contributed by atoms with Crippen LogP contribution in [-0.2, 0) is 0 Å². The second-order valence-electron chi connectivity index (χ2n) is 4.38. The average molecular weight is 260 g/mol. The van der Waals surface area contributed by atoms with E-state index < -0.39 is 0 Å². The Morgan fingerprint density at radius 3 is 2.00 bits per heavy atom. The second kappa shape index (κ2) is 7.00. The third-order valence-electron chi connectivity index (χ3n) is 2.95. The quantitative estimate of drug-likeness (QED) is 0.775. The molecule has 0 heterocycles. The van der Waals surface area contributed by atoms with Crippen LogP contribution in [-0.4, -0.2) is 24.9 Å². The molecule has 2 rings (SSSR count). The van der Waals surface area contributed by atoms with Crippen LogP contribution < -0.4 is 9.47 Å². The summed E-state index contributed by atoms with van der Waals surface area (Å²) in [6.45, 7) is 3.20. The monoisotopic (exact) mass is 260 g/mol. The summed E-state index contributed by atoms with van der Waals surface area (Å²) in [6.07, 6.45) is 2.17. The Balaban J connectivity index is 2.29. The maximum absolute atomic E-state index is 8.85. The van der Waals surface area contributed by atoms with Crippen molar-refractivity contribution in [3.05, 3.63) is 36.4 Å². The van der Waals surface area contributed by atoms with E-state index in [1.54, 1.807) is 0 Å². The van der Waals surface area contributed by atoms with Crippen molar-refractivity contribution < 1.29 is 14.6 Å². The summed E-state index contributed by atoms with van der Waals surface area (Å²) in [5.74, 6) is 1.67. The average Bonchev–Trinajstić information content (AvgIpc) is 2.46. The van der Waals surface area contributed by atoms with E-state index in [1.165, 1.54) is 0 Å². The van der Waals surface area contributed by atoms with Crippen LogP contribution in [0.25, 0.3) is 10.8 Å². The van der Waals surface area contributed by atoms with Crippen LogP contribution in [0.15, 0.2) is 36.4 Å². The largest absolute Gasteiger partial charge is 0.493 e. The fraction of sp³-hybridized carbons (Fsp3) is 0.375. The Labute approximate surface area is 113 Å². The molecule has 0 aliphatic heterocycles. The van der Waals surface area contributed by atoms with Gasteiger partial charge in [0.1, 0.15) is 18.1 Å². The molecule has 0 aliphatic carbocycles. The number of rotatable bonds is 7. The minimum Gasteiger partial charge on any atom is -0.493 e. The molecule has 2 aromatic rings. The molecule has 102 valence electrons. The molecule has 1 N–H and O–H groups in total. The van der Waals surface area contributed by atoms with E-state index in [-0.39, 0.29) is 6.61 Å². The van der Waals surface area contributed by atoms with Crippen molar-refractivity contribution in [1.29, 1.82) is 0 Å². The smallest absolute Gasteiger partial charge is 0.127 e. The van der Waals surface area contributed by atoms with Crippen molar-refractivity contribution in [1.82, 2.24) is 0 Å². The highest BCUT2D eigenvalue weighted by molar-refractivity contribution is 5.93. The third-order valence-corrected chi connectivity index (χ3v) is 2.95. The molecule has 0 radical (unpaired) electrons. The zero-order valence-electron chi connectivity index (χ0n) is 11.3. The number of aliphatic hydroxyl groups is 1. The topological polar surface area (TPSA) is 38.7 Å². The molecule has 0 amide bonds. The summed E-state index contributed by atoms with van der Waals surface area (Å²) < 4.78 is 11.4. The first kappa shape index (κ1) is 13.7. The predicted molar refractivity (Wildman–Crippen MR) is 76.9 cm³/mol. The molecule has 0 saturated heterocycles. The molecule has 0 atom stereocenters. The van der Waals surface area contributed by atoms with Crippen LogP contribution in [0.2, 0.25) is 0 Å². The van der Waals surface area contributed by atoms with Crippen LogP contribution >= 0.6 is 0 Å². The van der Waals surface area contributed by atoms with E-state index in [4.69, 9.17) is 14.6 Å². The highest BCUT2D eigenvalue weighted by Crippen LogP contribution is 2.33. The molecule has 2 aromatic carbocycles. The third kappa shape index (κ3) is 3.38. The summed E-state index contributed by atoms with van der Waals surface area (Å²) in [4.78, 5) is 0. The van der Waals surface area contributed by atoms with E-state index in [1.807, 2.05) is 36.4 Å². The van der Waals surface area contributed by atoms with Gasteiger partial charge in [-0.15, -0.1) is 0 Å². The molecule has 0 bridgehead atoms. The molecule has 3 nitrogen and oxygen atoms in total. The van der Waals surface area contributed by atoms with Gasteiger partial charge in [-0.05, 0) is 18.6 Å². The van der Waals surface area contributed by atoms with Gasteiger partial charge in [-0.3, -0.25) is 0 Å². The van der Waals surface area contributed by atoms with Crippen molar-refractivity contribution >= 4 is 10.8 Å². The SMILES string of the molecule is CCCCOc1ccc(OCCO)c2ccccc12. The minimum atomic E-state index is 0.0169. The lowest BCUT2D eigenvalue weighted by atomic mass is 10.1.